The standard InChI is InChI=1S/C25H40N2O2/c1-18(2)16-26-17-19-11-12-20-13-14-27(23(28)29)25(22(20)15-19,24(3,4)5)21-9-7-6-8-10-21/h11-12,15,18,21,26H,6-10,13-14,16-17H2,1-5H3,(H,28,29). The van der Waals surface area contributed by atoms with Gasteiger partial charge in [0.25, 0.3) is 0 Å². The topological polar surface area (TPSA) is 52.6 Å². The molecule has 0 radical (unpaired) electrons. The van der Waals surface area contributed by atoms with Crippen LogP contribution in [0, 0.1) is 17.3 Å². The van der Waals surface area contributed by atoms with E-state index in [0.717, 1.165) is 32.4 Å². The Bertz CT molecular complexity index is 716. The van der Waals surface area contributed by atoms with Crippen LogP contribution in [0.4, 0.5) is 4.79 Å². The Labute approximate surface area is 177 Å². The summed E-state index contributed by atoms with van der Waals surface area (Å²) >= 11 is 0. The summed E-state index contributed by atoms with van der Waals surface area (Å²) in [4.78, 5) is 14.3. The Morgan fingerprint density at radius 2 is 1.93 bits per heavy atom. The van der Waals surface area contributed by atoms with E-state index in [1.165, 1.54) is 36.0 Å². The van der Waals surface area contributed by atoms with Crippen LogP contribution >= 0.6 is 0 Å². The molecular formula is C25H40N2O2. The summed E-state index contributed by atoms with van der Waals surface area (Å²) in [5, 5.41) is 13.8. The van der Waals surface area contributed by atoms with Crippen molar-refractivity contribution in [2.24, 2.45) is 17.3 Å². The molecule has 1 aromatic rings. The van der Waals surface area contributed by atoms with E-state index in [0.29, 0.717) is 18.4 Å². The first-order chi connectivity index (χ1) is 13.7. The number of carboxylic acid groups (broad SMARTS) is 1. The third-order valence-electron chi connectivity index (χ3n) is 7.07. The lowest BCUT2D eigenvalue weighted by Crippen LogP contribution is -2.63. The summed E-state index contributed by atoms with van der Waals surface area (Å²) in [7, 11) is 0. The molecule has 1 fully saturated rings. The third kappa shape index (κ3) is 4.19. The van der Waals surface area contributed by atoms with Crippen LogP contribution in [0.3, 0.4) is 0 Å². The molecule has 1 saturated carbocycles. The molecule has 2 aliphatic rings. The van der Waals surface area contributed by atoms with Crippen molar-refractivity contribution in [2.45, 2.75) is 85.2 Å². The molecule has 162 valence electrons. The maximum Gasteiger partial charge on any atom is 0.408 e. The molecule has 0 aromatic heterocycles. The predicted molar refractivity (Wildman–Crippen MR) is 119 cm³/mol. The average molecular weight is 401 g/mol. The first-order valence-corrected chi connectivity index (χ1v) is 11.5. The van der Waals surface area contributed by atoms with E-state index < -0.39 is 11.6 Å². The number of benzene rings is 1. The lowest BCUT2D eigenvalue weighted by atomic mass is 9.56. The van der Waals surface area contributed by atoms with Crippen LogP contribution < -0.4 is 5.32 Å². The van der Waals surface area contributed by atoms with Gasteiger partial charge in [-0.15, -0.1) is 0 Å². The number of rotatable bonds is 5. The highest BCUT2D eigenvalue weighted by Crippen LogP contribution is 2.56. The smallest absolute Gasteiger partial charge is 0.408 e. The van der Waals surface area contributed by atoms with Crippen LogP contribution in [0.1, 0.15) is 83.4 Å². The van der Waals surface area contributed by atoms with E-state index >= 15 is 0 Å². The fourth-order valence-corrected chi connectivity index (χ4v) is 5.99. The molecule has 2 N–H and O–H groups in total. The zero-order chi connectivity index (χ0) is 21.2. The largest absolute Gasteiger partial charge is 0.465 e. The molecule has 1 aromatic carbocycles. The predicted octanol–water partition coefficient (Wildman–Crippen LogP) is 5.79. The molecular weight excluding hydrogens is 360 g/mol. The van der Waals surface area contributed by atoms with Crippen molar-refractivity contribution in [1.82, 2.24) is 10.2 Å². The van der Waals surface area contributed by atoms with Crippen molar-refractivity contribution < 1.29 is 9.90 Å². The van der Waals surface area contributed by atoms with Gasteiger partial charge in [0.2, 0.25) is 0 Å². The van der Waals surface area contributed by atoms with E-state index in [1.807, 2.05) is 4.90 Å². The third-order valence-corrected chi connectivity index (χ3v) is 7.07. The van der Waals surface area contributed by atoms with Crippen LogP contribution in [0.5, 0.6) is 0 Å². The summed E-state index contributed by atoms with van der Waals surface area (Å²) in [5.74, 6) is 0.997. The summed E-state index contributed by atoms with van der Waals surface area (Å²) in [5.41, 5.74) is 3.25. The number of nitrogens with one attached hydrogen (secondary N) is 1. The van der Waals surface area contributed by atoms with Gasteiger partial charge in [-0.25, -0.2) is 4.79 Å². The van der Waals surface area contributed by atoms with Crippen molar-refractivity contribution in [2.75, 3.05) is 13.1 Å². The van der Waals surface area contributed by atoms with Crippen LogP contribution in [0.2, 0.25) is 0 Å². The zero-order valence-corrected chi connectivity index (χ0v) is 19.1. The van der Waals surface area contributed by atoms with Crippen LogP contribution in [-0.4, -0.2) is 29.2 Å². The van der Waals surface area contributed by atoms with Gasteiger partial charge in [0.05, 0.1) is 5.54 Å². The van der Waals surface area contributed by atoms with Crippen molar-refractivity contribution >= 4 is 6.09 Å². The molecule has 0 saturated heterocycles. The van der Waals surface area contributed by atoms with Crippen molar-refractivity contribution in [3.8, 4) is 0 Å². The van der Waals surface area contributed by atoms with Gasteiger partial charge in [-0.05, 0) is 59.7 Å². The molecule has 1 aliphatic carbocycles. The summed E-state index contributed by atoms with van der Waals surface area (Å²) in [6.07, 6.45) is 5.98. The van der Waals surface area contributed by atoms with Gasteiger partial charge in [0.15, 0.2) is 0 Å². The van der Waals surface area contributed by atoms with Crippen LogP contribution in [0.15, 0.2) is 18.2 Å². The maximum atomic E-state index is 12.5. The minimum Gasteiger partial charge on any atom is -0.465 e. The highest BCUT2D eigenvalue weighted by molar-refractivity contribution is 5.68. The first kappa shape index (κ1) is 22.1. The van der Waals surface area contributed by atoms with Gasteiger partial charge in [0.1, 0.15) is 0 Å². The molecule has 4 nitrogen and oxygen atoms in total. The molecule has 1 atom stereocenters. The Balaban J connectivity index is 2.11. The molecule has 3 rings (SSSR count). The van der Waals surface area contributed by atoms with Crippen molar-refractivity contribution in [3.05, 3.63) is 34.9 Å². The fraction of sp³-hybridized carbons (Fsp3) is 0.720. The summed E-state index contributed by atoms with van der Waals surface area (Å²) < 4.78 is 0. The highest BCUT2D eigenvalue weighted by atomic mass is 16.4. The van der Waals surface area contributed by atoms with Crippen molar-refractivity contribution in [1.29, 1.82) is 0 Å². The minimum absolute atomic E-state index is 0.174. The SMILES string of the molecule is CC(C)CNCc1ccc2c(c1)C(C1CCCCC1)(C(C)(C)C)N(C(=O)O)CC2. The molecule has 1 heterocycles. The Hall–Kier alpha value is -1.55. The van der Waals surface area contributed by atoms with Gasteiger partial charge in [-0.1, -0.05) is 72.1 Å². The number of carbonyl (C=O) groups is 1. The van der Waals surface area contributed by atoms with Gasteiger partial charge >= 0.3 is 6.09 Å². The summed E-state index contributed by atoms with van der Waals surface area (Å²) in [6.45, 7) is 13.6. The van der Waals surface area contributed by atoms with E-state index in [4.69, 9.17) is 0 Å². The lowest BCUT2D eigenvalue weighted by Gasteiger charge is -2.59. The van der Waals surface area contributed by atoms with Crippen molar-refractivity contribution in [3.63, 3.8) is 0 Å². The molecule has 1 unspecified atom stereocenters. The van der Waals surface area contributed by atoms with E-state index in [9.17, 15) is 9.90 Å². The second-order valence-corrected chi connectivity index (χ2v) is 10.6. The van der Waals surface area contributed by atoms with Crippen LogP contribution in [-0.2, 0) is 18.5 Å². The Morgan fingerprint density at radius 1 is 1.24 bits per heavy atom. The number of hydrogen-bond donors (Lipinski definition) is 2. The monoisotopic (exact) mass is 400 g/mol. The second-order valence-electron chi connectivity index (χ2n) is 10.6. The molecule has 29 heavy (non-hydrogen) atoms. The molecule has 4 heteroatoms. The van der Waals surface area contributed by atoms with Gasteiger partial charge < -0.3 is 10.4 Å². The molecule has 1 amide bonds. The minimum atomic E-state index is -0.764. The first-order valence-electron chi connectivity index (χ1n) is 11.5. The summed E-state index contributed by atoms with van der Waals surface area (Å²) in [6, 6.07) is 6.83. The number of nitrogens with zero attached hydrogens (tertiary/aromatic N) is 1. The van der Waals surface area contributed by atoms with Gasteiger partial charge in [-0.2, -0.15) is 0 Å². The lowest BCUT2D eigenvalue weighted by molar-refractivity contribution is -0.0649. The fourth-order valence-electron chi connectivity index (χ4n) is 5.99. The van der Waals surface area contributed by atoms with E-state index in [-0.39, 0.29) is 5.41 Å². The molecule has 0 spiro atoms. The Morgan fingerprint density at radius 3 is 2.52 bits per heavy atom. The second kappa shape index (κ2) is 8.67. The van der Waals surface area contributed by atoms with Crippen LogP contribution in [0.25, 0.3) is 0 Å². The zero-order valence-electron chi connectivity index (χ0n) is 19.1. The maximum absolute atomic E-state index is 12.5. The van der Waals surface area contributed by atoms with E-state index in [2.05, 4.69) is 58.1 Å². The van der Waals surface area contributed by atoms with Gasteiger partial charge in [-0.3, -0.25) is 4.90 Å². The number of hydrogen-bond acceptors (Lipinski definition) is 2. The van der Waals surface area contributed by atoms with Gasteiger partial charge in [0, 0.05) is 13.1 Å². The Kier molecular flexibility index (Phi) is 6.62. The normalized spacial score (nSPS) is 23.3. The molecule has 0 bridgehead atoms. The average Bonchev–Trinajstić information content (AvgIpc) is 2.66. The molecule has 1 aliphatic heterocycles. The highest BCUT2D eigenvalue weighted by Gasteiger charge is 2.57. The number of amides is 1. The number of fused-ring (bicyclic) bond motifs is 1. The van der Waals surface area contributed by atoms with E-state index in [1.54, 1.807) is 0 Å². The quantitative estimate of drug-likeness (QED) is 0.658.